The fourth-order valence-corrected chi connectivity index (χ4v) is 2.33. The number of carbonyl (C=O) groups excluding carboxylic acids is 1. The van der Waals surface area contributed by atoms with Gasteiger partial charge >= 0.3 is 6.18 Å². The van der Waals surface area contributed by atoms with Crippen LogP contribution in [0.2, 0.25) is 0 Å². The van der Waals surface area contributed by atoms with Crippen LogP contribution in [0, 0.1) is 0 Å². The maximum atomic E-state index is 12.7. The molecule has 0 aliphatic carbocycles. The van der Waals surface area contributed by atoms with Gasteiger partial charge < -0.3 is 5.32 Å². The normalized spacial score (nSPS) is 11.3. The molecule has 1 amide bonds. The quantitative estimate of drug-likeness (QED) is 0.787. The topological polar surface area (TPSA) is 59.8 Å². The van der Waals surface area contributed by atoms with Gasteiger partial charge in [0.25, 0.3) is 0 Å². The van der Waals surface area contributed by atoms with E-state index in [1.54, 1.807) is 35.4 Å². The molecule has 3 aromatic rings. The molecule has 0 aliphatic heterocycles. The van der Waals surface area contributed by atoms with Gasteiger partial charge in [-0.05, 0) is 23.8 Å². The van der Waals surface area contributed by atoms with Gasteiger partial charge in [-0.3, -0.25) is 9.78 Å². The Hall–Kier alpha value is -3.16. The van der Waals surface area contributed by atoms with Crippen molar-refractivity contribution in [2.45, 2.75) is 12.6 Å². The predicted octanol–water partition coefficient (Wildman–Crippen LogP) is 3.47. The highest BCUT2D eigenvalue weighted by molar-refractivity contribution is 5.94. The molecule has 0 atom stereocenters. The van der Waals surface area contributed by atoms with Crippen molar-refractivity contribution in [2.24, 2.45) is 0 Å². The molecule has 0 saturated carbocycles. The number of halogens is 3. The molecule has 1 N–H and O–H groups in total. The Labute approximate surface area is 141 Å². The van der Waals surface area contributed by atoms with E-state index >= 15 is 0 Å². The number of carbonyl (C=O) groups is 1. The maximum absolute atomic E-state index is 12.7. The van der Waals surface area contributed by atoms with E-state index < -0.39 is 17.6 Å². The molecule has 8 heteroatoms. The van der Waals surface area contributed by atoms with E-state index in [0.717, 1.165) is 12.1 Å². The van der Waals surface area contributed by atoms with E-state index in [1.807, 2.05) is 0 Å². The molecule has 1 aromatic carbocycles. The molecule has 5 nitrogen and oxygen atoms in total. The van der Waals surface area contributed by atoms with Gasteiger partial charge in [0.15, 0.2) is 0 Å². The van der Waals surface area contributed by atoms with Gasteiger partial charge in [0.05, 0.1) is 29.6 Å². The van der Waals surface area contributed by atoms with Crippen LogP contribution in [0.15, 0.2) is 61.2 Å². The van der Waals surface area contributed by atoms with Gasteiger partial charge in [0.1, 0.15) is 0 Å². The van der Waals surface area contributed by atoms with Crippen molar-refractivity contribution >= 4 is 11.6 Å². The van der Waals surface area contributed by atoms with Gasteiger partial charge in [0.2, 0.25) is 5.91 Å². The highest BCUT2D eigenvalue weighted by Crippen LogP contribution is 2.29. The summed E-state index contributed by atoms with van der Waals surface area (Å²) in [6, 6.07) is 8.11. The van der Waals surface area contributed by atoms with Crippen molar-refractivity contribution in [1.82, 2.24) is 14.8 Å². The van der Waals surface area contributed by atoms with E-state index in [2.05, 4.69) is 15.4 Å². The minimum Gasteiger partial charge on any atom is -0.323 e. The average Bonchev–Trinajstić information content (AvgIpc) is 3.09. The van der Waals surface area contributed by atoms with E-state index in [1.165, 1.54) is 18.3 Å². The number of pyridine rings is 1. The van der Waals surface area contributed by atoms with Crippen molar-refractivity contribution < 1.29 is 18.0 Å². The minimum atomic E-state index is -4.44. The molecule has 0 bridgehead atoms. The van der Waals surface area contributed by atoms with Gasteiger partial charge in [-0.25, -0.2) is 4.68 Å². The number of aromatic nitrogens is 3. The van der Waals surface area contributed by atoms with E-state index in [4.69, 9.17) is 0 Å². The first-order valence-electron chi connectivity index (χ1n) is 7.33. The number of hydrogen-bond acceptors (Lipinski definition) is 3. The molecule has 3 rings (SSSR count). The molecule has 0 aliphatic rings. The number of nitrogens with one attached hydrogen (secondary N) is 1. The van der Waals surface area contributed by atoms with Gasteiger partial charge in [-0.2, -0.15) is 18.3 Å². The molecule has 0 radical (unpaired) electrons. The lowest BCUT2D eigenvalue weighted by Gasteiger charge is -2.11. The van der Waals surface area contributed by atoms with Crippen LogP contribution in [0.4, 0.5) is 18.9 Å². The van der Waals surface area contributed by atoms with Crippen LogP contribution in [0.1, 0.15) is 11.1 Å². The van der Waals surface area contributed by atoms with Crippen LogP contribution in [-0.2, 0) is 17.4 Å². The van der Waals surface area contributed by atoms with Crippen LogP contribution < -0.4 is 5.32 Å². The summed E-state index contributed by atoms with van der Waals surface area (Å²) in [5, 5.41) is 6.75. The van der Waals surface area contributed by atoms with E-state index in [-0.39, 0.29) is 12.0 Å². The molecule has 0 unspecified atom stereocenters. The largest absolute Gasteiger partial charge is 0.416 e. The Bertz CT molecular complexity index is 876. The van der Waals surface area contributed by atoms with Gasteiger partial charge in [-0.15, -0.1) is 0 Å². The predicted molar refractivity (Wildman–Crippen MR) is 85.1 cm³/mol. The monoisotopic (exact) mass is 346 g/mol. The Kier molecular flexibility index (Phi) is 4.51. The lowest BCUT2D eigenvalue weighted by atomic mass is 10.1. The summed E-state index contributed by atoms with van der Waals surface area (Å²) < 4.78 is 39.8. The first-order valence-corrected chi connectivity index (χ1v) is 7.33. The number of alkyl halides is 3. The first-order chi connectivity index (χ1) is 11.9. The summed E-state index contributed by atoms with van der Waals surface area (Å²) in [7, 11) is 0. The van der Waals surface area contributed by atoms with Gasteiger partial charge in [-0.1, -0.05) is 18.2 Å². The lowest BCUT2D eigenvalue weighted by molar-refractivity contribution is -0.137. The molecule has 128 valence electrons. The third kappa shape index (κ3) is 4.03. The Morgan fingerprint density at radius 3 is 2.72 bits per heavy atom. The zero-order valence-electron chi connectivity index (χ0n) is 12.9. The van der Waals surface area contributed by atoms with Crippen molar-refractivity contribution in [3.8, 4) is 5.69 Å². The van der Waals surface area contributed by atoms with Crippen molar-refractivity contribution in [1.29, 1.82) is 0 Å². The fraction of sp³-hybridized carbons (Fsp3) is 0.118. The highest BCUT2D eigenvalue weighted by atomic mass is 19.4. The Morgan fingerprint density at radius 1 is 1.16 bits per heavy atom. The third-order valence-corrected chi connectivity index (χ3v) is 3.44. The van der Waals surface area contributed by atoms with Crippen LogP contribution in [-0.4, -0.2) is 20.7 Å². The summed E-state index contributed by atoms with van der Waals surface area (Å²) in [6.45, 7) is 0. The number of benzene rings is 1. The highest BCUT2D eigenvalue weighted by Gasteiger charge is 2.30. The molecular formula is C17H13F3N4O. The Balaban J connectivity index is 1.76. The van der Waals surface area contributed by atoms with E-state index in [9.17, 15) is 18.0 Å². The molecule has 2 aromatic heterocycles. The second-order valence-electron chi connectivity index (χ2n) is 5.27. The number of nitrogens with zero attached hydrogens (tertiary/aromatic N) is 3. The third-order valence-electron chi connectivity index (χ3n) is 3.44. The number of rotatable bonds is 4. The summed E-state index contributed by atoms with van der Waals surface area (Å²) in [6.07, 6.45) is 1.69. The number of hydrogen-bond donors (Lipinski definition) is 1. The van der Waals surface area contributed by atoms with Crippen LogP contribution >= 0.6 is 0 Å². The summed E-state index contributed by atoms with van der Waals surface area (Å²) >= 11 is 0. The first kappa shape index (κ1) is 16.7. The van der Waals surface area contributed by atoms with Crippen molar-refractivity contribution in [3.63, 3.8) is 0 Å². The summed E-state index contributed by atoms with van der Waals surface area (Å²) in [5.74, 6) is -0.444. The summed E-state index contributed by atoms with van der Waals surface area (Å²) in [5.41, 5.74) is 0.522. The summed E-state index contributed by atoms with van der Waals surface area (Å²) in [4.78, 5) is 16.2. The van der Waals surface area contributed by atoms with Crippen molar-refractivity contribution in [3.05, 3.63) is 72.3 Å². The molecule has 0 fully saturated rings. The number of amides is 1. The minimum absolute atomic E-state index is 0.183. The second-order valence-corrected chi connectivity index (χ2v) is 5.27. The molecule has 2 heterocycles. The average molecular weight is 346 g/mol. The zero-order valence-corrected chi connectivity index (χ0v) is 12.9. The smallest absolute Gasteiger partial charge is 0.323 e. The molecular weight excluding hydrogens is 333 g/mol. The van der Waals surface area contributed by atoms with Crippen LogP contribution in [0.25, 0.3) is 5.69 Å². The molecule has 25 heavy (non-hydrogen) atoms. The second kappa shape index (κ2) is 6.76. The van der Waals surface area contributed by atoms with Crippen molar-refractivity contribution in [2.75, 3.05) is 5.32 Å². The lowest BCUT2D eigenvalue weighted by Crippen LogP contribution is -2.17. The van der Waals surface area contributed by atoms with E-state index in [0.29, 0.717) is 11.4 Å². The van der Waals surface area contributed by atoms with Gasteiger partial charge in [0, 0.05) is 18.6 Å². The fourth-order valence-electron chi connectivity index (χ4n) is 2.33. The van der Waals surface area contributed by atoms with Crippen LogP contribution in [0.3, 0.4) is 0 Å². The molecule has 0 saturated heterocycles. The zero-order chi connectivity index (χ0) is 17.9. The van der Waals surface area contributed by atoms with Crippen LogP contribution in [0.5, 0.6) is 0 Å². The number of anilines is 1. The Morgan fingerprint density at radius 2 is 2.00 bits per heavy atom. The SMILES string of the molecule is O=C(Cc1cccc(C(F)(F)F)c1)Nc1cnccc1-n1cccn1. The standard InChI is InChI=1S/C17H13F3N4O/c18-17(19,20)13-4-1-3-12(9-13)10-16(25)23-14-11-21-7-5-15(14)24-8-2-6-22-24/h1-9,11H,10H2,(H,23,25). The molecule has 0 spiro atoms. The maximum Gasteiger partial charge on any atom is 0.416 e.